The summed E-state index contributed by atoms with van der Waals surface area (Å²) in [6.07, 6.45) is 0. The van der Waals surface area contributed by atoms with Crippen molar-refractivity contribution < 1.29 is 4.79 Å². The van der Waals surface area contributed by atoms with Crippen molar-refractivity contribution in [2.45, 2.75) is 12.5 Å². The first-order valence-corrected chi connectivity index (χ1v) is 7.76. The monoisotopic (exact) mass is 299 g/mol. The molecule has 112 valence electrons. The highest BCUT2D eigenvalue weighted by molar-refractivity contribution is 6.01. The molecule has 1 amide bonds. The van der Waals surface area contributed by atoms with E-state index in [0.717, 1.165) is 22.3 Å². The minimum Gasteiger partial charge on any atom is -0.334 e. The van der Waals surface area contributed by atoms with Crippen molar-refractivity contribution in [2.75, 3.05) is 0 Å². The molecule has 1 aliphatic rings. The van der Waals surface area contributed by atoms with Crippen molar-refractivity contribution in [3.05, 3.63) is 107 Å². The van der Waals surface area contributed by atoms with E-state index in [0.29, 0.717) is 0 Å². The SMILES string of the molecule is Cc1ccc([C@@]2(c3ccccc3)NC(=O)c3ccccc32)cc1. The minimum atomic E-state index is -0.622. The molecule has 0 radical (unpaired) electrons. The highest BCUT2D eigenvalue weighted by Gasteiger charge is 2.45. The zero-order valence-electron chi connectivity index (χ0n) is 12.9. The van der Waals surface area contributed by atoms with E-state index < -0.39 is 5.54 Å². The van der Waals surface area contributed by atoms with Gasteiger partial charge in [0.1, 0.15) is 5.54 Å². The molecule has 0 fully saturated rings. The zero-order chi connectivity index (χ0) is 15.9. The van der Waals surface area contributed by atoms with Crippen LogP contribution in [0, 0.1) is 6.92 Å². The molecule has 1 atom stereocenters. The van der Waals surface area contributed by atoms with Crippen molar-refractivity contribution in [1.29, 1.82) is 0 Å². The number of hydrogen-bond donors (Lipinski definition) is 1. The lowest BCUT2D eigenvalue weighted by molar-refractivity contribution is 0.0948. The molecule has 1 N–H and O–H groups in total. The van der Waals surface area contributed by atoms with Crippen molar-refractivity contribution in [2.24, 2.45) is 0 Å². The third-order valence-electron chi connectivity index (χ3n) is 4.57. The Morgan fingerprint density at radius 2 is 1.35 bits per heavy atom. The first kappa shape index (κ1) is 13.8. The van der Waals surface area contributed by atoms with Crippen molar-refractivity contribution in [3.8, 4) is 0 Å². The predicted molar refractivity (Wildman–Crippen MR) is 91.4 cm³/mol. The zero-order valence-corrected chi connectivity index (χ0v) is 12.9. The van der Waals surface area contributed by atoms with Crippen LogP contribution in [-0.2, 0) is 5.54 Å². The fraction of sp³-hybridized carbons (Fsp3) is 0.0952. The largest absolute Gasteiger partial charge is 0.334 e. The van der Waals surface area contributed by atoms with Gasteiger partial charge in [0.25, 0.3) is 5.91 Å². The van der Waals surface area contributed by atoms with Crippen molar-refractivity contribution in [1.82, 2.24) is 5.32 Å². The van der Waals surface area contributed by atoms with E-state index in [4.69, 9.17) is 0 Å². The Balaban J connectivity index is 2.04. The van der Waals surface area contributed by atoms with Gasteiger partial charge < -0.3 is 5.32 Å². The summed E-state index contributed by atoms with van der Waals surface area (Å²) < 4.78 is 0. The van der Waals surface area contributed by atoms with E-state index in [9.17, 15) is 4.79 Å². The van der Waals surface area contributed by atoms with Gasteiger partial charge in [0, 0.05) is 5.56 Å². The smallest absolute Gasteiger partial charge is 0.252 e. The topological polar surface area (TPSA) is 29.1 Å². The first-order valence-electron chi connectivity index (χ1n) is 7.76. The lowest BCUT2D eigenvalue weighted by atomic mass is 9.78. The number of nitrogens with one attached hydrogen (secondary N) is 1. The number of fused-ring (bicyclic) bond motifs is 1. The molecule has 23 heavy (non-hydrogen) atoms. The van der Waals surface area contributed by atoms with Gasteiger partial charge in [0.2, 0.25) is 0 Å². The summed E-state index contributed by atoms with van der Waals surface area (Å²) >= 11 is 0. The molecule has 3 aromatic carbocycles. The van der Waals surface area contributed by atoms with Gasteiger partial charge in [-0.05, 0) is 29.7 Å². The average Bonchev–Trinajstić information content (AvgIpc) is 2.91. The number of rotatable bonds is 2. The number of amides is 1. The normalized spacial score (nSPS) is 19.3. The predicted octanol–water partition coefficient (Wildman–Crippen LogP) is 4.03. The Labute approximate surface area is 135 Å². The van der Waals surface area contributed by atoms with Crippen LogP contribution in [0.15, 0.2) is 78.9 Å². The molecule has 0 saturated carbocycles. The van der Waals surface area contributed by atoms with Gasteiger partial charge in [0.15, 0.2) is 0 Å². The highest BCUT2D eigenvalue weighted by Crippen LogP contribution is 2.42. The van der Waals surface area contributed by atoms with E-state index in [1.807, 2.05) is 42.5 Å². The Morgan fingerprint density at radius 3 is 2.09 bits per heavy atom. The van der Waals surface area contributed by atoms with Gasteiger partial charge in [-0.3, -0.25) is 4.79 Å². The molecule has 1 heterocycles. The summed E-state index contributed by atoms with van der Waals surface area (Å²) in [5.41, 5.74) is 4.49. The van der Waals surface area contributed by atoms with Crippen LogP contribution in [0.2, 0.25) is 0 Å². The summed E-state index contributed by atoms with van der Waals surface area (Å²) in [7, 11) is 0. The molecule has 2 heteroatoms. The number of carbonyl (C=O) groups is 1. The number of hydrogen-bond acceptors (Lipinski definition) is 1. The third-order valence-corrected chi connectivity index (χ3v) is 4.57. The first-order chi connectivity index (χ1) is 11.2. The Hall–Kier alpha value is -2.87. The fourth-order valence-corrected chi connectivity index (χ4v) is 3.43. The van der Waals surface area contributed by atoms with Crippen molar-refractivity contribution >= 4 is 5.91 Å². The molecule has 0 aliphatic carbocycles. The standard InChI is InChI=1S/C21H17NO/c1-15-11-13-17(14-12-15)21(16-7-3-2-4-8-16)19-10-6-5-9-18(19)20(23)22-21/h2-14H,1H3,(H,22,23)/t21-/m1/s1. The third kappa shape index (κ3) is 1.99. The molecule has 0 spiro atoms. The van der Waals surface area contributed by atoms with E-state index in [1.54, 1.807) is 0 Å². The van der Waals surface area contributed by atoms with Crippen LogP contribution in [0.25, 0.3) is 0 Å². The Kier molecular flexibility index (Phi) is 3.05. The maximum atomic E-state index is 12.6. The van der Waals surface area contributed by atoms with Gasteiger partial charge in [-0.1, -0.05) is 78.4 Å². The second kappa shape index (κ2) is 5.10. The average molecular weight is 299 g/mol. The lowest BCUT2D eigenvalue weighted by Gasteiger charge is -2.32. The summed E-state index contributed by atoms with van der Waals surface area (Å²) in [6, 6.07) is 26.4. The molecule has 0 bridgehead atoms. The van der Waals surface area contributed by atoms with Crippen LogP contribution in [0.5, 0.6) is 0 Å². The van der Waals surface area contributed by atoms with Gasteiger partial charge in [0.05, 0.1) is 0 Å². The maximum Gasteiger partial charge on any atom is 0.252 e. The van der Waals surface area contributed by atoms with Gasteiger partial charge in [-0.25, -0.2) is 0 Å². The molecule has 0 saturated heterocycles. The van der Waals surface area contributed by atoms with Gasteiger partial charge >= 0.3 is 0 Å². The Morgan fingerprint density at radius 1 is 0.739 bits per heavy atom. The number of benzene rings is 3. The maximum absolute atomic E-state index is 12.6. The van der Waals surface area contributed by atoms with Crippen molar-refractivity contribution in [3.63, 3.8) is 0 Å². The molecule has 3 aromatic rings. The van der Waals surface area contributed by atoms with Gasteiger partial charge in [-0.2, -0.15) is 0 Å². The van der Waals surface area contributed by atoms with E-state index >= 15 is 0 Å². The second-order valence-corrected chi connectivity index (χ2v) is 5.98. The number of carbonyl (C=O) groups excluding carboxylic acids is 1. The Bertz CT molecular complexity index is 868. The highest BCUT2D eigenvalue weighted by atomic mass is 16.2. The summed E-state index contributed by atoms with van der Waals surface area (Å²) in [5.74, 6) is -0.0231. The van der Waals surface area contributed by atoms with E-state index in [1.165, 1.54) is 5.56 Å². The van der Waals surface area contributed by atoms with Crippen LogP contribution < -0.4 is 5.32 Å². The van der Waals surface area contributed by atoms with Gasteiger partial charge in [-0.15, -0.1) is 0 Å². The molecule has 0 unspecified atom stereocenters. The second-order valence-electron chi connectivity index (χ2n) is 5.98. The molecule has 4 rings (SSSR count). The van der Waals surface area contributed by atoms with Crippen LogP contribution in [-0.4, -0.2) is 5.91 Å². The fourth-order valence-electron chi connectivity index (χ4n) is 3.43. The number of aryl methyl sites for hydroxylation is 1. The molecular weight excluding hydrogens is 282 g/mol. The van der Waals surface area contributed by atoms with E-state index in [-0.39, 0.29) is 5.91 Å². The summed E-state index contributed by atoms with van der Waals surface area (Å²) in [6.45, 7) is 2.07. The van der Waals surface area contributed by atoms with Crippen LogP contribution in [0.4, 0.5) is 0 Å². The molecule has 1 aliphatic heterocycles. The molecular formula is C21H17NO. The van der Waals surface area contributed by atoms with Crippen LogP contribution >= 0.6 is 0 Å². The molecule has 2 nitrogen and oxygen atoms in total. The molecule has 0 aromatic heterocycles. The summed E-state index contributed by atoms with van der Waals surface area (Å²) in [5, 5.41) is 3.25. The lowest BCUT2D eigenvalue weighted by Crippen LogP contribution is -2.41. The van der Waals surface area contributed by atoms with Crippen LogP contribution in [0.1, 0.15) is 32.6 Å². The quantitative estimate of drug-likeness (QED) is 0.760. The van der Waals surface area contributed by atoms with E-state index in [2.05, 4.69) is 48.6 Å². The van der Waals surface area contributed by atoms with Crippen LogP contribution in [0.3, 0.4) is 0 Å². The minimum absolute atomic E-state index is 0.0231. The summed E-state index contributed by atoms with van der Waals surface area (Å²) in [4.78, 5) is 12.6.